The zero-order chi connectivity index (χ0) is 20.8. The average molecular weight is 416 g/mol. The van der Waals surface area contributed by atoms with Crippen molar-refractivity contribution in [3.63, 3.8) is 0 Å². The molecule has 0 bridgehead atoms. The van der Waals surface area contributed by atoms with Gasteiger partial charge in [-0.2, -0.15) is 4.98 Å². The van der Waals surface area contributed by atoms with E-state index in [4.69, 9.17) is 9.26 Å². The van der Waals surface area contributed by atoms with Gasteiger partial charge in [-0.25, -0.2) is 4.39 Å². The SMILES string of the molecule is O=C(Cc1cccc(F)c1)N1CCCC(c2nc(CCOCC3CCCC3)no2)C1. The molecule has 2 fully saturated rings. The molecule has 4 rings (SSSR count). The van der Waals surface area contributed by atoms with E-state index in [0.717, 1.165) is 19.4 Å². The van der Waals surface area contributed by atoms with Gasteiger partial charge in [-0.1, -0.05) is 30.1 Å². The molecule has 1 aromatic heterocycles. The van der Waals surface area contributed by atoms with Crippen molar-refractivity contribution in [2.45, 2.75) is 57.3 Å². The van der Waals surface area contributed by atoms with Gasteiger partial charge in [-0.3, -0.25) is 4.79 Å². The van der Waals surface area contributed by atoms with Gasteiger partial charge in [0.1, 0.15) is 5.82 Å². The monoisotopic (exact) mass is 415 g/mol. The lowest BCUT2D eigenvalue weighted by Crippen LogP contribution is -2.40. The van der Waals surface area contributed by atoms with Gasteiger partial charge in [0.15, 0.2) is 5.82 Å². The molecule has 1 atom stereocenters. The number of hydrogen-bond acceptors (Lipinski definition) is 5. The van der Waals surface area contributed by atoms with Crippen molar-refractivity contribution in [3.8, 4) is 0 Å². The minimum Gasteiger partial charge on any atom is -0.381 e. The number of nitrogens with zero attached hydrogens (tertiary/aromatic N) is 3. The summed E-state index contributed by atoms with van der Waals surface area (Å²) in [5.74, 6) is 1.72. The molecule has 0 spiro atoms. The number of hydrogen-bond donors (Lipinski definition) is 0. The van der Waals surface area contributed by atoms with Crippen LogP contribution in [0.2, 0.25) is 0 Å². The van der Waals surface area contributed by atoms with Crippen molar-refractivity contribution >= 4 is 5.91 Å². The van der Waals surface area contributed by atoms with Gasteiger partial charge >= 0.3 is 0 Å². The van der Waals surface area contributed by atoms with Crippen molar-refractivity contribution in [1.29, 1.82) is 0 Å². The van der Waals surface area contributed by atoms with Crippen molar-refractivity contribution < 1.29 is 18.4 Å². The largest absolute Gasteiger partial charge is 0.381 e. The highest BCUT2D eigenvalue weighted by Gasteiger charge is 2.28. The second-order valence-corrected chi connectivity index (χ2v) is 8.51. The van der Waals surface area contributed by atoms with E-state index >= 15 is 0 Å². The van der Waals surface area contributed by atoms with E-state index in [0.29, 0.717) is 49.3 Å². The van der Waals surface area contributed by atoms with Crippen molar-refractivity contribution in [2.24, 2.45) is 5.92 Å². The van der Waals surface area contributed by atoms with Gasteiger partial charge in [-0.05, 0) is 49.3 Å². The van der Waals surface area contributed by atoms with Crippen LogP contribution in [-0.2, 0) is 22.4 Å². The molecule has 0 radical (unpaired) electrons. The molecule has 1 saturated carbocycles. The van der Waals surface area contributed by atoms with Crippen LogP contribution < -0.4 is 0 Å². The minimum absolute atomic E-state index is 0.00496. The summed E-state index contributed by atoms with van der Waals surface area (Å²) in [6.07, 6.45) is 7.87. The lowest BCUT2D eigenvalue weighted by atomic mass is 9.97. The highest BCUT2D eigenvalue weighted by atomic mass is 19.1. The molecule has 1 amide bonds. The molecule has 1 unspecified atom stereocenters. The summed E-state index contributed by atoms with van der Waals surface area (Å²) in [6.45, 7) is 2.71. The second kappa shape index (κ2) is 10.2. The van der Waals surface area contributed by atoms with Crippen molar-refractivity contribution in [2.75, 3.05) is 26.3 Å². The van der Waals surface area contributed by atoms with Gasteiger partial charge in [0.25, 0.3) is 0 Å². The molecule has 2 heterocycles. The Morgan fingerprint density at radius 2 is 2.10 bits per heavy atom. The molecule has 1 aliphatic heterocycles. The fourth-order valence-corrected chi connectivity index (χ4v) is 4.46. The van der Waals surface area contributed by atoms with E-state index in [1.54, 1.807) is 12.1 Å². The van der Waals surface area contributed by atoms with Gasteiger partial charge in [0.05, 0.1) is 18.9 Å². The van der Waals surface area contributed by atoms with E-state index in [1.165, 1.54) is 37.8 Å². The first-order valence-electron chi connectivity index (χ1n) is 11.1. The zero-order valence-corrected chi connectivity index (χ0v) is 17.4. The van der Waals surface area contributed by atoms with Crippen LogP contribution in [0, 0.1) is 11.7 Å². The molecular weight excluding hydrogens is 385 g/mol. The van der Waals surface area contributed by atoms with E-state index in [2.05, 4.69) is 10.1 Å². The maximum absolute atomic E-state index is 13.4. The van der Waals surface area contributed by atoms with Crippen LogP contribution in [-0.4, -0.2) is 47.3 Å². The highest BCUT2D eigenvalue weighted by molar-refractivity contribution is 5.79. The maximum Gasteiger partial charge on any atom is 0.231 e. The summed E-state index contributed by atoms with van der Waals surface area (Å²) in [5, 5.41) is 4.10. The van der Waals surface area contributed by atoms with Gasteiger partial charge in [0.2, 0.25) is 11.8 Å². The Labute approximate surface area is 176 Å². The Hall–Kier alpha value is -2.28. The van der Waals surface area contributed by atoms with Crippen LogP contribution in [0.25, 0.3) is 0 Å². The molecule has 30 heavy (non-hydrogen) atoms. The predicted octanol–water partition coefficient (Wildman–Crippen LogP) is 3.91. The molecule has 162 valence electrons. The van der Waals surface area contributed by atoms with E-state index in [9.17, 15) is 9.18 Å². The summed E-state index contributed by atoms with van der Waals surface area (Å²) in [5.41, 5.74) is 0.694. The minimum atomic E-state index is -0.317. The molecule has 1 aliphatic carbocycles. The lowest BCUT2D eigenvalue weighted by molar-refractivity contribution is -0.131. The number of amides is 1. The van der Waals surface area contributed by atoms with Crippen LogP contribution >= 0.6 is 0 Å². The first kappa shape index (κ1) is 21.0. The third kappa shape index (κ3) is 5.65. The van der Waals surface area contributed by atoms with Crippen LogP contribution in [0.4, 0.5) is 4.39 Å². The summed E-state index contributed by atoms with van der Waals surface area (Å²) in [6, 6.07) is 6.21. The number of ether oxygens (including phenoxy) is 1. The van der Waals surface area contributed by atoms with Gasteiger partial charge in [0, 0.05) is 26.1 Å². The van der Waals surface area contributed by atoms with E-state index in [1.807, 2.05) is 4.90 Å². The third-order valence-electron chi connectivity index (χ3n) is 6.15. The van der Waals surface area contributed by atoms with E-state index in [-0.39, 0.29) is 24.1 Å². The van der Waals surface area contributed by atoms with Gasteiger partial charge < -0.3 is 14.2 Å². The number of likely N-dealkylation sites (tertiary alicyclic amines) is 1. The van der Waals surface area contributed by atoms with Crippen LogP contribution in [0.1, 0.15) is 61.7 Å². The number of carbonyl (C=O) groups excluding carboxylic acids is 1. The summed E-state index contributed by atoms with van der Waals surface area (Å²) in [4.78, 5) is 19.0. The fraction of sp³-hybridized carbons (Fsp3) is 0.609. The Balaban J connectivity index is 1.25. The Bertz CT molecular complexity index is 835. The zero-order valence-electron chi connectivity index (χ0n) is 17.4. The number of piperidine rings is 1. The molecule has 2 aliphatic rings. The number of halogens is 1. The predicted molar refractivity (Wildman–Crippen MR) is 109 cm³/mol. The van der Waals surface area contributed by atoms with Crippen molar-refractivity contribution in [3.05, 3.63) is 47.4 Å². The Kier molecular flexibility index (Phi) is 7.10. The van der Waals surface area contributed by atoms with Gasteiger partial charge in [-0.15, -0.1) is 0 Å². The number of benzene rings is 1. The first-order chi connectivity index (χ1) is 14.7. The lowest BCUT2D eigenvalue weighted by Gasteiger charge is -2.31. The fourth-order valence-electron chi connectivity index (χ4n) is 4.46. The maximum atomic E-state index is 13.4. The van der Waals surface area contributed by atoms with Crippen LogP contribution in [0.15, 0.2) is 28.8 Å². The summed E-state index contributed by atoms with van der Waals surface area (Å²) >= 11 is 0. The standard InChI is InChI=1S/C23H30FN3O3/c24-20-9-3-7-18(13-20)14-22(28)27-11-4-8-19(15-27)23-25-21(26-30-23)10-12-29-16-17-5-1-2-6-17/h3,7,9,13,17,19H,1-2,4-6,8,10-12,14-16H2. The topological polar surface area (TPSA) is 68.5 Å². The molecule has 6 nitrogen and oxygen atoms in total. The quantitative estimate of drug-likeness (QED) is 0.612. The first-order valence-corrected chi connectivity index (χ1v) is 11.1. The highest BCUT2D eigenvalue weighted by Crippen LogP contribution is 2.27. The normalized spacial score (nSPS) is 20.0. The number of aromatic nitrogens is 2. The number of carbonyl (C=O) groups is 1. The van der Waals surface area contributed by atoms with Crippen LogP contribution in [0.5, 0.6) is 0 Å². The Morgan fingerprint density at radius 3 is 2.93 bits per heavy atom. The third-order valence-corrected chi connectivity index (χ3v) is 6.15. The molecule has 2 aromatic rings. The molecular formula is C23H30FN3O3. The summed E-state index contributed by atoms with van der Waals surface area (Å²) in [7, 11) is 0. The van der Waals surface area contributed by atoms with Crippen LogP contribution in [0.3, 0.4) is 0 Å². The second-order valence-electron chi connectivity index (χ2n) is 8.51. The summed E-state index contributed by atoms with van der Waals surface area (Å²) < 4.78 is 24.7. The molecule has 1 aromatic carbocycles. The van der Waals surface area contributed by atoms with Crippen molar-refractivity contribution in [1.82, 2.24) is 15.0 Å². The average Bonchev–Trinajstić information content (AvgIpc) is 3.44. The molecule has 0 N–H and O–H groups in total. The molecule has 1 saturated heterocycles. The molecule has 7 heteroatoms. The Morgan fingerprint density at radius 1 is 1.23 bits per heavy atom. The number of rotatable bonds is 8. The van der Waals surface area contributed by atoms with E-state index < -0.39 is 0 Å². The smallest absolute Gasteiger partial charge is 0.231 e.